The Bertz CT molecular complexity index is 410. The van der Waals surface area contributed by atoms with E-state index >= 15 is 0 Å². The monoisotopic (exact) mass is 321 g/mol. The van der Waals surface area contributed by atoms with Crippen LogP contribution in [0.2, 0.25) is 5.02 Å². The van der Waals surface area contributed by atoms with E-state index in [1.807, 2.05) is 7.05 Å². The summed E-state index contributed by atoms with van der Waals surface area (Å²) in [5.74, 6) is 0.0549. The second-order valence-electron chi connectivity index (χ2n) is 4.18. The molecule has 94 valence electrons. The van der Waals surface area contributed by atoms with E-state index in [1.54, 1.807) is 6.07 Å². The highest BCUT2D eigenvalue weighted by Crippen LogP contribution is 2.34. The SMILES string of the molecule is CNC(c1cc(Cl)c(Br)cc1F)C1CCOC1. The average molecular weight is 323 g/mol. The molecule has 17 heavy (non-hydrogen) atoms. The molecule has 1 N–H and O–H groups in total. The lowest BCUT2D eigenvalue weighted by molar-refractivity contribution is 0.177. The van der Waals surface area contributed by atoms with E-state index in [0.717, 1.165) is 13.0 Å². The first kappa shape index (κ1) is 13.3. The molecule has 2 atom stereocenters. The number of benzene rings is 1. The van der Waals surface area contributed by atoms with Gasteiger partial charge in [-0.25, -0.2) is 4.39 Å². The molecule has 2 nitrogen and oxygen atoms in total. The molecular formula is C12H14BrClFNO. The molecule has 1 heterocycles. The van der Waals surface area contributed by atoms with Crippen molar-refractivity contribution >= 4 is 27.5 Å². The molecule has 1 saturated heterocycles. The van der Waals surface area contributed by atoms with Crippen LogP contribution in [0.5, 0.6) is 0 Å². The minimum atomic E-state index is -0.243. The molecule has 1 aliphatic rings. The molecule has 0 amide bonds. The van der Waals surface area contributed by atoms with E-state index in [4.69, 9.17) is 16.3 Å². The fraction of sp³-hybridized carbons (Fsp3) is 0.500. The average Bonchev–Trinajstić information content (AvgIpc) is 2.80. The maximum absolute atomic E-state index is 14.0. The van der Waals surface area contributed by atoms with Crippen molar-refractivity contribution in [2.24, 2.45) is 5.92 Å². The zero-order chi connectivity index (χ0) is 12.4. The maximum Gasteiger partial charge on any atom is 0.129 e. The van der Waals surface area contributed by atoms with Gasteiger partial charge in [0.05, 0.1) is 11.6 Å². The van der Waals surface area contributed by atoms with E-state index in [-0.39, 0.29) is 11.9 Å². The summed E-state index contributed by atoms with van der Waals surface area (Å²) in [4.78, 5) is 0. The zero-order valence-electron chi connectivity index (χ0n) is 9.47. The molecule has 0 aromatic heterocycles. The van der Waals surface area contributed by atoms with Gasteiger partial charge in [-0.15, -0.1) is 0 Å². The topological polar surface area (TPSA) is 21.3 Å². The van der Waals surface area contributed by atoms with Crippen LogP contribution in [0.15, 0.2) is 16.6 Å². The van der Waals surface area contributed by atoms with Crippen molar-refractivity contribution in [2.45, 2.75) is 12.5 Å². The summed E-state index contributed by atoms with van der Waals surface area (Å²) in [6, 6.07) is 3.04. The number of ether oxygens (including phenoxy) is 1. The van der Waals surface area contributed by atoms with Gasteiger partial charge in [-0.1, -0.05) is 11.6 Å². The van der Waals surface area contributed by atoms with Crippen LogP contribution in [0.3, 0.4) is 0 Å². The fourth-order valence-electron chi connectivity index (χ4n) is 2.24. The van der Waals surface area contributed by atoms with Crippen LogP contribution in [0, 0.1) is 11.7 Å². The normalized spacial score (nSPS) is 21.8. The van der Waals surface area contributed by atoms with Crippen molar-refractivity contribution in [3.63, 3.8) is 0 Å². The van der Waals surface area contributed by atoms with E-state index in [1.165, 1.54) is 6.07 Å². The van der Waals surface area contributed by atoms with Crippen molar-refractivity contribution in [1.29, 1.82) is 0 Å². The molecule has 0 spiro atoms. The van der Waals surface area contributed by atoms with Crippen LogP contribution in [0.1, 0.15) is 18.0 Å². The molecule has 0 bridgehead atoms. The lowest BCUT2D eigenvalue weighted by Crippen LogP contribution is -2.26. The van der Waals surface area contributed by atoms with Crippen molar-refractivity contribution in [3.05, 3.63) is 33.0 Å². The summed E-state index contributed by atoms with van der Waals surface area (Å²) in [5, 5.41) is 3.68. The Hall–Kier alpha value is -0.160. The third kappa shape index (κ3) is 2.81. The molecule has 1 aromatic rings. The van der Waals surface area contributed by atoms with Crippen LogP contribution in [0.4, 0.5) is 4.39 Å². The summed E-state index contributed by atoms with van der Waals surface area (Å²) < 4.78 is 19.9. The predicted molar refractivity (Wildman–Crippen MR) is 69.8 cm³/mol. The molecule has 0 radical (unpaired) electrons. The maximum atomic E-state index is 14.0. The molecule has 0 saturated carbocycles. The Morgan fingerprint density at radius 2 is 2.35 bits per heavy atom. The zero-order valence-corrected chi connectivity index (χ0v) is 11.8. The Kier molecular flexibility index (Phi) is 4.42. The van der Waals surface area contributed by atoms with Crippen LogP contribution in [-0.4, -0.2) is 20.3 Å². The second-order valence-corrected chi connectivity index (χ2v) is 5.44. The van der Waals surface area contributed by atoms with Crippen LogP contribution < -0.4 is 5.32 Å². The Morgan fingerprint density at radius 3 is 2.94 bits per heavy atom. The van der Waals surface area contributed by atoms with Gasteiger partial charge in [-0.05, 0) is 41.5 Å². The van der Waals surface area contributed by atoms with Gasteiger partial charge in [-0.3, -0.25) is 0 Å². The Morgan fingerprint density at radius 1 is 1.59 bits per heavy atom. The number of hydrogen-bond acceptors (Lipinski definition) is 2. The fourth-order valence-corrected chi connectivity index (χ4v) is 2.72. The summed E-state index contributed by atoms with van der Waals surface area (Å²) in [6.07, 6.45) is 0.943. The Balaban J connectivity index is 2.32. The molecule has 1 fully saturated rings. The first-order valence-corrected chi connectivity index (χ1v) is 6.70. The van der Waals surface area contributed by atoms with E-state index in [2.05, 4.69) is 21.2 Å². The number of rotatable bonds is 3. The summed E-state index contributed by atoms with van der Waals surface area (Å²) >= 11 is 9.24. The molecule has 1 aliphatic heterocycles. The van der Waals surface area contributed by atoms with Gasteiger partial charge in [0.25, 0.3) is 0 Å². The van der Waals surface area contributed by atoms with Crippen molar-refractivity contribution in [1.82, 2.24) is 5.32 Å². The van der Waals surface area contributed by atoms with Crippen LogP contribution in [0.25, 0.3) is 0 Å². The first-order chi connectivity index (χ1) is 8.13. The van der Waals surface area contributed by atoms with Gasteiger partial charge in [0, 0.05) is 28.6 Å². The minimum Gasteiger partial charge on any atom is -0.381 e. The van der Waals surface area contributed by atoms with Gasteiger partial charge in [0.1, 0.15) is 5.82 Å². The van der Waals surface area contributed by atoms with Crippen molar-refractivity contribution in [2.75, 3.05) is 20.3 Å². The third-order valence-corrected chi connectivity index (χ3v) is 4.32. The van der Waals surface area contributed by atoms with Crippen molar-refractivity contribution < 1.29 is 9.13 Å². The van der Waals surface area contributed by atoms with Gasteiger partial charge >= 0.3 is 0 Å². The quantitative estimate of drug-likeness (QED) is 0.860. The summed E-state index contributed by atoms with van der Waals surface area (Å²) in [7, 11) is 1.83. The van der Waals surface area contributed by atoms with Crippen molar-refractivity contribution in [3.8, 4) is 0 Å². The summed E-state index contributed by atoms with van der Waals surface area (Å²) in [5.41, 5.74) is 0.608. The van der Waals surface area contributed by atoms with Crippen LogP contribution in [-0.2, 0) is 4.74 Å². The first-order valence-electron chi connectivity index (χ1n) is 5.53. The number of halogens is 3. The molecule has 2 rings (SSSR count). The largest absolute Gasteiger partial charge is 0.381 e. The van der Waals surface area contributed by atoms with Gasteiger partial charge in [-0.2, -0.15) is 0 Å². The molecular weight excluding hydrogens is 308 g/mol. The third-order valence-electron chi connectivity index (χ3n) is 3.12. The highest BCUT2D eigenvalue weighted by molar-refractivity contribution is 9.10. The van der Waals surface area contributed by atoms with E-state index in [9.17, 15) is 4.39 Å². The smallest absolute Gasteiger partial charge is 0.129 e. The van der Waals surface area contributed by atoms with E-state index in [0.29, 0.717) is 27.6 Å². The van der Waals surface area contributed by atoms with Gasteiger partial charge < -0.3 is 10.1 Å². The lowest BCUT2D eigenvalue weighted by atomic mass is 9.92. The van der Waals surface area contributed by atoms with E-state index < -0.39 is 0 Å². The number of hydrogen-bond donors (Lipinski definition) is 1. The molecule has 1 aromatic carbocycles. The Labute approximate surface area is 114 Å². The van der Waals surface area contributed by atoms with Gasteiger partial charge in [0.2, 0.25) is 0 Å². The highest BCUT2D eigenvalue weighted by Gasteiger charge is 2.28. The number of nitrogens with one attached hydrogen (secondary N) is 1. The summed E-state index contributed by atoms with van der Waals surface area (Å²) in [6.45, 7) is 1.41. The molecule has 5 heteroatoms. The van der Waals surface area contributed by atoms with Gasteiger partial charge in [0.15, 0.2) is 0 Å². The minimum absolute atomic E-state index is 0.0527. The predicted octanol–water partition coefficient (Wildman–Crippen LogP) is 3.54. The molecule has 2 unspecified atom stereocenters. The highest BCUT2D eigenvalue weighted by atomic mass is 79.9. The molecule has 0 aliphatic carbocycles. The standard InChI is InChI=1S/C12H14BrClFNO/c1-16-12(7-2-3-17-6-7)8-4-10(14)9(13)5-11(8)15/h4-5,7,12,16H,2-3,6H2,1H3. The lowest BCUT2D eigenvalue weighted by Gasteiger charge is -2.23. The van der Waals surface area contributed by atoms with Crippen LogP contribution >= 0.6 is 27.5 Å². The second kappa shape index (κ2) is 5.65.